The van der Waals surface area contributed by atoms with Crippen LogP contribution in [0.15, 0.2) is 144 Å². The van der Waals surface area contributed by atoms with Crippen molar-refractivity contribution in [3.8, 4) is 0 Å². The molecule has 6 nitrogen and oxygen atoms in total. The Balaban J connectivity index is 1.33. The molecule has 47 heavy (non-hydrogen) atoms. The number of hydrogen-bond donors (Lipinski definition) is 0. The van der Waals surface area contributed by atoms with Gasteiger partial charge in [0.25, 0.3) is 0 Å². The summed E-state index contributed by atoms with van der Waals surface area (Å²) in [6.45, 7) is 7.25. The molecule has 1 saturated heterocycles. The minimum atomic E-state index is -0.336. The van der Waals surface area contributed by atoms with E-state index in [2.05, 4.69) is 168 Å². The molecule has 1 saturated carbocycles. The molecule has 1 aliphatic carbocycles. The highest BCUT2D eigenvalue weighted by molar-refractivity contribution is 6.17. The quantitative estimate of drug-likeness (QED) is 0.200. The molecule has 4 aromatic carbocycles. The highest BCUT2D eigenvalue weighted by atomic mass is 15.5. The number of hydrogen-bond acceptors (Lipinski definition) is 5. The van der Waals surface area contributed by atoms with Crippen molar-refractivity contribution in [2.45, 2.75) is 43.9 Å². The van der Waals surface area contributed by atoms with Crippen LogP contribution in [0.4, 0.5) is 34.3 Å². The van der Waals surface area contributed by atoms with Gasteiger partial charge in [0.2, 0.25) is 0 Å². The smallest absolute Gasteiger partial charge is 0.158 e. The van der Waals surface area contributed by atoms with Gasteiger partial charge in [0.15, 0.2) is 11.7 Å². The molecule has 230 valence electrons. The predicted molar refractivity (Wildman–Crippen MR) is 191 cm³/mol. The Hall–Kier alpha value is -5.36. The average molecular weight is 613 g/mol. The summed E-state index contributed by atoms with van der Waals surface area (Å²) in [5, 5.41) is 0. The third-order valence-corrected chi connectivity index (χ3v) is 12.3. The summed E-state index contributed by atoms with van der Waals surface area (Å²) in [6.07, 6.45) is 4.11. The lowest BCUT2D eigenvalue weighted by Crippen LogP contribution is -2.53. The topological polar surface area (TPSA) is 38.2 Å². The molecule has 5 aromatic rings. The van der Waals surface area contributed by atoms with Gasteiger partial charge in [-0.05, 0) is 66.6 Å². The Kier molecular flexibility index (Phi) is 5.09. The first kappa shape index (κ1) is 26.8. The van der Waals surface area contributed by atoms with Gasteiger partial charge < -0.3 is 19.6 Å². The fourth-order valence-corrected chi connectivity index (χ4v) is 10.6. The summed E-state index contributed by atoms with van der Waals surface area (Å²) in [6, 6.07) is 44.3. The molecule has 5 atom stereocenters. The Morgan fingerprint density at radius 1 is 0.617 bits per heavy atom. The number of allylic oxidation sites excluding steroid dienone is 1. The number of pyridine rings is 1. The first-order valence-electron chi connectivity index (χ1n) is 16.6. The lowest BCUT2D eigenvalue weighted by molar-refractivity contribution is 0.339. The number of rotatable bonds is 2. The number of nitrogens with zero attached hydrogens (tertiary/aromatic N) is 6. The van der Waals surface area contributed by atoms with Gasteiger partial charge in [-0.15, -0.1) is 0 Å². The lowest BCUT2D eigenvalue weighted by atomic mass is 9.80. The maximum absolute atomic E-state index is 5.09. The Morgan fingerprint density at radius 3 is 1.85 bits per heavy atom. The SMILES string of the molecule is CC=C1C(=NC)N2c3ccccc3C3(C)C(C)(C2N1c1ccccc1)C31c2ccccc2N2c3cccnc3N(c3ccccc3)C21. The normalized spacial score (nSPS) is 30.7. The van der Waals surface area contributed by atoms with E-state index in [0.29, 0.717) is 0 Å². The van der Waals surface area contributed by atoms with Crippen molar-refractivity contribution in [2.75, 3.05) is 26.6 Å². The van der Waals surface area contributed by atoms with E-state index in [1.54, 1.807) is 0 Å². The molecule has 1 aromatic heterocycles. The van der Waals surface area contributed by atoms with E-state index in [0.717, 1.165) is 28.7 Å². The Morgan fingerprint density at radius 2 is 1.19 bits per heavy atom. The number of aliphatic imine (C=N–C) groups is 1. The monoisotopic (exact) mass is 612 g/mol. The number of anilines is 6. The van der Waals surface area contributed by atoms with Crippen molar-refractivity contribution in [3.63, 3.8) is 0 Å². The molecule has 5 aliphatic rings. The minimum Gasteiger partial charge on any atom is -0.317 e. The highest BCUT2D eigenvalue weighted by Crippen LogP contribution is 2.89. The Labute approximate surface area is 275 Å². The third kappa shape index (κ3) is 2.75. The van der Waals surface area contributed by atoms with Crippen LogP contribution in [0.25, 0.3) is 0 Å². The van der Waals surface area contributed by atoms with Gasteiger partial charge in [0.1, 0.15) is 12.3 Å². The van der Waals surface area contributed by atoms with Crippen LogP contribution in [0.1, 0.15) is 31.9 Å². The third-order valence-electron chi connectivity index (χ3n) is 12.3. The zero-order chi connectivity index (χ0) is 31.7. The first-order chi connectivity index (χ1) is 23.1. The second-order valence-corrected chi connectivity index (χ2v) is 13.6. The van der Waals surface area contributed by atoms with E-state index in [4.69, 9.17) is 9.98 Å². The van der Waals surface area contributed by atoms with Gasteiger partial charge in [-0.2, -0.15) is 0 Å². The molecule has 6 heteroatoms. The molecular weight excluding hydrogens is 576 g/mol. The summed E-state index contributed by atoms with van der Waals surface area (Å²) in [5.74, 6) is 2.02. The van der Waals surface area contributed by atoms with Crippen LogP contribution < -0.4 is 19.6 Å². The van der Waals surface area contributed by atoms with Crippen LogP contribution in [0.2, 0.25) is 0 Å². The molecule has 10 rings (SSSR count). The van der Waals surface area contributed by atoms with Crippen molar-refractivity contribution >= 4 is 40.1 Å². The number of benzene rings is 4. The van der Waals surface area contributed by atoms with Crippen LogP contribution in [-0.4, -0.2) is 30.2 Å². The van der Waals surface area contributed by atoms with Crippen molar-refractivity contribution in [2.24, 2.45) is 10.4 Å². The maximum Gasteiger partial charge on any atom is 0.158 e. The van der Waals surface area contributed by atoms with Gasteiger partial charge in [-0.3, -0.25) is 4.99 Å². The van der Waals surface area contributed by atoms with Gasteiger partial charge in [0, 0.05) is 46.8 Å². The van der Waals surface area contributed by atoms with Crippen molar-refractivity contribution < 1.29 is 0 Å². The van der Waals surface area contributed by atoms with E-state index < -0.39 is 0 Å². The number of amidine groups is 1. The zero-order valence-corrected chi connectivity index (χ0v) is 27.0. The van der Waals surface area contributed by atoms with Crippen molar-refractivity contribution in [1.82, 2.24) is 4.98 Å². The van der Waals surface area contributed by atoms with E-state index in [1.165, 1.54) is 28.2 Å². The molecule has 2 fully saturated rings. The van der Waals surface area contributed by atoms with E-state index in [1.807, 2.05) is 13.2 Å². The van der Waals surface area contributed by atoms with Crippen molar-refractivity contribution in [3.05, 3.63) is 150 Å². The Bertz CT molecular complexity index is 2140. The van der Waals surface area contributed by atoms with Crippen molar-refractivity contribution in [1.29, 1.82) is 0 Å². The van der Waals surface area contributed by atoms with Crippen LogP contribution in [0, 0.1) is 5.41 Å². The molecule has 0 amide bonds. The average Bonchev–Trinajstić information content (AvgIpc) is 3.51. The second kappa shape index (κ2) is 8.91. The summed E-state index contributed by atoms with van der Waals surface area (Å²) in [4.78, 5) is 20.4. The molecule has 5 unspecified atom stereocenters. The van der Waals surface area contributed by atoms with E-state index in [-0.39, 0.29) is 28.6 Å². The van der Waals surface area contributed by atoms with Gasteiger partial charge in [-0.25, -0.2) is 4.98 Å². The fourth-order valence-electron chi connectivity index (χ4n) is 10.6. The summed E-state index contributed by atoms with van der Waals surface area (Å²) < 4.78 is 0. The van der Waals surface area contributed by atoms with Crippen LogP contribution in [0.5, 0.6) is 0 Å². The summed E-state index contributed by atoms with van der Waals surface area (Å²) >= 11 is 0. The van der Waals surface area contributed by atoms with Gasteiger partial charge in [0.05, 0.1) is 16.8 Å². The molecule has 1 spiro atoms. The van der Waals surface area contributed by atoms with Crippen LogP contribution in [-0.2, 0) is 10.8 Å². The maximum atomic E-state index is 5.09. The molecule has 0 bridgehead atoms. The van der Waals surface area contributed by atoms with E-state index in [9.17, 15) is 0 Å². The zero-order valence-electron chi connectivity index (χ0n) is 27.0. The van der Waals surface area contributed by atoms with Crippen LogP contribution >= 0.6 is 0 Å². The van der Waals surface area contributed by atoms with Gasteiger partial charge >= 0.3 is 0 Å². The predicted octanol–water partition coefficient (Wildman–Crippen LogP) is 8.53. The molecule has 0 radical (unpaired) electrons. The van der Waals surface area contributed by atoms with Gasteiger partial charge in [-0.1, -0.05) is 92.7 Å². The minimum absolute atomic E-state index is 0.0306. The largest absolute Gasteiger partial charge is 0.317 e. The number of para-hydroxylation sites is 4. The second-order valence-electron chi connectivity index (χ2n) is 13.6. The lowest BCUT2D eigenvalue weighted by Gasteiger charge is -2.44. The first-order valence-corrected chi connectivity index (χ1v) is 16.6. The fraction of sp³-hybridized carbons (Fsp3) is 0.220. The number of fused-ring (bicyclic) bond motifs is 15. The molecular formula is C41H36N6. The highest BCUT2D eigenvalue weighted by Gasteiger charge is 2.94. The molecule has 5 heterocycles. The van der Waals surface area contributed by atoms with E-state index >= 15 is 0 Å². The summed E-state index contributed by atoms with van der Waals surface area (Å²) in [5.41, 5.74) is 9.05. The number of aromatic nitrogens is 1. The summed E-state index contributed by atoms with van der Waals surface area (Å²) in [7, 11) is 1.94. The molecule has 4 aliphatic heterocycles. The van der Waals surface area contributed by atoms with Crippen LogP contribution in [0.3, 0.4) is 0 Å². The molecule has 0 N–H and O–H groups in total. The standard InChI is InChI=1S/C41H36N6/c1-5-31-35(42-4)47-32-23-14-12-21-29(32)39(2)40(3,37(47)44(31)27-17-8-6-9-18-27)41(39)30-22-13-15-24-33(30)46-34-25-16-26-43-36(34)45(38(41)46)28-19-10-7-11-20-28/h5-26,37-38H,1-4H3.